The van der Waals surface area contributed by atoms with Crippen molar-refractivity contribution in [1.29, 1.82) is 0 Å². The summed E-state index contributed by atoms with van der Waals surface area (Å²) in [5.74, 6) is 0.123. The molecule has 0 bridgehead atoms. The Labute approximate surface area is 323 Å². The molecule has 0 aliphatic carbocycles. The van der Waals surface area contributed by atoms with Crippen molar-refractivity contribution in [2.24, 2.45) is 5.92 Å². The zero-order valence-electron chi connectivity index (χ0n) is 35.3. The Bertz CT molecular complexity index is 668. The van der Waals surface area contributed by atoms with Crippen molar-refractivity contribution in [2.45, 2.75) is 252 Å². The minimum Gasteiger partial charge on any atom is -0.481 e. The molecule has 0 spiro atoms. The molecule has 7 nitrogen and oxygen atoms in total. The van der Waals surface area contributed by atoms with Gasteiger partial charge in [0.15, 0.2) is 0 Å². The van der Waals surface area contributed by atoms with E-state index in [0.717, 1.165) is 31.6 Å². The minimum absolute atomic E-state index is 0.0418. The molecule has 0 aliphatic rings. The molecule has 0 saturated heterocycles. The first-order valence-corrected chi connectivity index (χ1v) is 22.6. The van der Waals surface area contributed by atoms with Gasteiger partial charge in [-0.05, 0) is 25.2 Å². The fourth-order valence-corrected chi connectivity index (χ4v) is 6.32. The van der Waals surface area contributed by atoms with Crippen molar-refractivity contribution < 1.29 is 34.8 Å². The summed E-state index contributed by atoms with van der Waals surface area (Å²) in [4.78, 5) is 22.2. The molecule has 0 aromatic rings. The smallest absolute Gasteiger partial charge is 0.305 e. The number of ether oxygens (including phenoxy) is 1. The van der Waals surface area contributed by atoms with Crippen LogP contribution in [0.4, 0.5) is 0 Å². The number of unbranched alkanes of at least 4 members (excludes halogenated alkanes) is 25. The van der Waals surface area contributed by atoms with Crippen LogP contribution in [0.5, 0.6) is 0 Å². The Morgan fingerprint density at radius 1 is 0.442 bits per heavy atom. The number of hydrogen-bond donors (Lipinski definition) is 4. The van der Waals surface area contributed by atoms with Crippen molar-refractivity contribution in [1.82, 2.24) is 0 Å². The number of carboxylic acids is 1. The van der Waals surface area contributed by atoms with Gasteiger partial charge in [-0.2, -0.15) is 0 Å². The van der Waals surface area contributed by atoms with Crippen molar-refractivity contribution in [3.05, 3.63) is 0 Å². The first-order chi connectivity index (χ1) is 25.3. The molecule has 0 rings (SSSR count). The standard InChI is InChI=1S/C34H68O2.C8H16O2.C3H8O3/c1-4-7-10-13-16-17-18-19-21-24-27-30-34(35)36-32-31-33(28-25-22-15-12-9-6-3)29-26-23-20-14-11-8-5-2;1-2-3-4-5-6-7-8(9)10;4-1-3(6)2-5/h33H,4-32H2,1-3H3;2-7H2,1H3,(H,9,10);3-6H,1-2H2. The first-order valence-electron chi connectivity index (χ1n) is 22.6. The lowest BCUT2D eigenvalue weighted by Crippen LogP contribution is -2.15. The van der Waals surface area contributed by atoms with Crippen LogP contribution >= 0.6 is 0 Å². The van der Waals surface area contributed by atoms with Crippen LogP contribution in [0.25, 0.3) is 0 Å². The van der Waals surface area contributed by atoms with Gasteiger partial charge in [0.25, 0.3) is 0 Å². The van der Waals surface area contributed by atoms with E-state index < -0.39 is 12.1 Å². The fourth-order valence-electron chi connectivity index (χ4n) is 6.32. The van der Waals surface area contributed by atoms with E-state index >= 15 is 0 Å². The molecular formula is C45H92O7. The van der Waals surface area contributed by atoms with Gasteiger partial charge in [-0.3, -0.25) is 9.59 Å². The van der Waals surface area contributed by atoms with Crippen LogP contribution in [-0.2, 0) is 14.3 Å². The Hall–Kier alpha value is -1.18. The van der Waals surface area contributed by atoms with Crippen molar-refractivity contribution >= 4 is 11.9 Å². The number of aliphatic hydroxyl groups excluding tert-OH is 3. The highest BCUT2D eigenvalue weighted by atomic mass is 16.5. The molecule has 0 saturated carbocycles. The fraction of sp³-hybridized carbons (Fsp3) is 0.956. The minimum atomic E-state index is -0.954. The molecule has 0 heterocycles. The predicted molar refractivity (Wildman–Crippen MR) is 222 cm³/mol. The highest BCUT2D eigenvalue weighted by molar-refractivity contribution is 5.69. The average Bonchev–Trinajstić information content (AvgIpc) is 3.14. The largest absolute Gasteiger partial charge is 0.481 e. The summed E-state index contributed by atoms with van der Waals surface area (Å²) in [6, 6.07) is 0. The van der Waals surface area contributed by atoms with E-state index in [0.29, 0.717) is 19.4 Å². The van der Waals surface area contributed by atoms with Crippen molar-refractivity contribution in [3.63, 3.8) is 0 Å². The van der Waals surface area contributed by atoms with E-state index in [1.807, 2.05) is 0 Å². The lowest BCUT2D eigenvalue weighted by Gasteiger charge is -2.17. The maximum atomic E-state index is 12.2. The highest BCUT2D eigenvalue weighted by Crippen LogP contribution is 2.22. The second-order valence-corrected chi connectivity index (χ2v) is 15.2. The van der Waals surface area contributed by atoms with Crippen LogP contribution in [0, 0.1) is 5.92 Å². The van der Waals surface area contributed by atoms with Gasteiger partial charge in [0, 0.05) is 12.8 Å². The molecule has 4 N–H and O–H groups in total. The van der Waals surface area contributed by atoms with E-state index in [9.17, 15) is 9.59 Å². The van der Waals surface area contributed by atoms with Gasteiger partial charge in [-0.25, -0.2) is 0 Å². The van der Waals surface area contributed by atoms with E-state index in [1.165, 1.54) is 180 Å². The van der Waals surface area contributed by atoms with Crippen molar-refractivity contribution in [3.8, 4) is 0 Å². The molecule has 1 atom stereocenters. The number of esters is 1. The Balaban J connectivity index is -0.00000123. The zero-order valence-corrected chi connectivity index (χ0v) is 35.3. The number of aliphatic carboxylic acids is 1. The molecule has 0 fully saturated rings. The van der Waals surface area contributed by atoms with Crippen LogP contribution in [-0.4, -0.2) is 58.3 Å². The number of aliphatic hydroxyl groups is 3. The summed E-state index contributed by atoms with van der Waals surface area (Å²) in [6.45, 7) is 8.93. The second-order valence-electron chi connectivity index (χ2n) is 15.2. The molecule has 1 unspecified atom stereocenters. The quantitative estimate of drug-likeness (QED) is 0.0366. The summed E-state index contributed by atoms with van der Waals surface area (Å²) in [7, 11) is 0. The van der Waals surface area contributed by atoms with Gasteiger partial charge in [0.1, 0.15) is 6.10 Å². The van der Waals surface area contributed by atoms with Crippen LogP contribution < -0.4 is 0 Å². The van der Waals surface area contributed by atoms with Gasteiger partial charge in [0.2, 0.25) is 0 Å². The maximum Gasteiger partial charge on any atom is 0.305 e. The number of rotatable bonds is 38. The summed E-state index contributed by atoms with van der Waals surface area (Å²) < 4.78 is 5.66. The molecule has 7 heteroatoms. The molecule has 0 aliphatic heterocycles. The maximum absolute atomic E-state index is 12.2. The summed E-state index contributed by atoms with van der Waals surface area (Å²) in [5, 5.41) is 32.3. The predicted octanol–water partition coefficient (Wildman–Crippen LogP) is 12.9. The van der Waals surface area contributed by atoms with Gasteiger partial charge in [-0.15, -0.1) is 0 Å². The van der Waals surface area contributed by atoms with E-state index in [1.54, 1.807) is 0 Å². The third-order valence-electron chi connectivity index (χ3n) is 9.87. The number of carbonyl (C=O) groups excluding carboxylic acids is 1. The van der Waals surface area contributed by atoms with Crippen LogP contribution in [0.15, 0.2) is 0 Å². The summed E-state index contributed by atoms with van der Waals surface area (Å²) >= 11 is 0. The monoisotopic (exact) mass is 745 g/mol. The Kier molecular flexibility index (Phi) is 52.8. The lowest BCUT2D eigenvalue weighted by molar-refractivity contribution is -0.144. The van der Waals surface area contributed by atoms with Gasteiger partial charge in [-0.1, -0.05) is 214 Å². The van der Waals surface area contributed by atoms with E-state index in [2.05, 4.69) is 27.7 Å². The highest BCUT2D eigenvalue weighted by Gasteiger charge is 2.11. The third-order valence-corrected chi connectivity index (χ3v) is 9.87. The molecule has 0 radical (unpaired) electrons. The molecule has 0 amide bonds. The summed E-state index contributed by atoms with van der Waals surface area (Å²) in [5.41, 5.74) is 0. The van der Waals surface area contributed by atoms with Crippen LogP contribution in [0.2, 0.25) is 0 Å². The molecule has 314 valence electrons. The third kappa shape index (κ3) is 53.2. The molecule has 52 heavy (non-hydrogen) atoms. The van der Waals surface area contributed by atoms with Gasteiger partial charge in [0.05, 0.1) is 19.8 Å². The Morgan fingerprint density at radius 2 is 0.750 bits per heavy atom. The van der Waals surface area contributed by atoms with Gasteiger partial charge >= 0.3 is 11.9 Å². The van der Waals surface area contributed by atoms with E-state index in [4.69, 9.17) is 25.2 Å². The zero-order chi connectivity index (χ0) is 39.2. The van der Waals surface area contributed by atoms with E-state index in [-0.39, 0.29) is 19.2 Å². The summed E-state index contributed by atoms with van der Waals surface area (Å²) in [6.07, 6.45) is 41.8. The molecule has 0 aromatic heterocycles. The van der Waals surface area contributed by atoms with Crippen LogP contribution in [0.1, 0.15) is 246 Å². The molecule has 0 aromatic carbocycles. The normalized spacial score (nSPS) is 11.5. The first kappa shape index (κ1) is 55.2. The average molecular weight is 745 g/mol. The van der Waals surface area contributed by atoms with Crippen molar-refractivity contribution in [2.75, 3.05) is 19.8 Å². The Morgan fingerprint density at radius 3 is 1.06 bits per heavy atom. The molecular weight excluding hydrogens is 652 g/mol. The van der Waals surface area contributed by atoms with Crippen LogP contribution in [0.3, 0.4) is 0 Å². The number of hydrogen-bond acceptors (Lipinski definition) is 6. The van der Waals surface area contributed by atoms with Gasteiger partial charge < -0.3 is 25.2 Å². The lowest BCUT2D eigenvalue weighted by atomic mass is 9.91. The number of carbonyl (C=O) groups is 2. The topological polar surface area (TPSA) is 124 Å². The second kappa shape index (κ2) is 49.8. The number of carboxylic acid groups (broad SMARTS) is 1. The SMILES string of the molecule is CCCCCCCC(=O)O.CCCCCCCCCCCCCC(=O)OCCC(CCCCCCCC)CCCCCCCCC.OCC(O)CO.